The fourth-order valence-electron chi connectivity index (χ4n) is 1.42. The lowest BCUT2D eigenvalue weighted by atomic mass is 10.3. The van der Waals surface area contributed by atoms with Crippen LogP contribution < -0.4 is 0 Å². The topological polar surface area (TPSA) is 43.6 Å². The Bertz CT molecular complexity index is 586. The molecule has 0 unspecified atom stereocenters. The van der Waals surface area contributed by atoms with E-state index < -0.39 is 0 Å². The Balaban J connectivity index is 2.22. The molecular weight excluding hydrogens is 188 g/mol. The molecule has 0 aliphatic rings. The maximum Gasteiger partial charge on any atom is 0.172 e. The number of benzene rings is 1. The molecule has 71 valence electrons. The first-order valence-electron chi connectivity index (χ1n) is 4.57. The third-order valence-corrected chi connectivity index (χ3v) is 2.13. The predicted molar refractivity (Wildman–Crippen MR) is 55.5 cm³/mol. The van der Waals surface area contributed by atoms with Crippen LogP contribution in [0.4, 0.5) is 0 Å². The van der Waals surface area contributed by atoms with Gasteiger partial charge in [0.1, 0.15) is 6.20 Å². The summed E-state index contributed by atoms with van der Waals surface area (Å²) < 4.78 is 1.64. The van der Waals surface area contributed by atoms with E-state index in [4.69, 9.17) is 0 Å². The van der Waals surface area contributed by atoms with E-state index in [2.05, 4.69) is 21.3 Å². The molecule has 0 bridgehead atoms. The molecule has 3 rings (SSSR count). The quantitative estimate of drug-likeness (QED) is 0.592. The van der Waals surface area contributed by atoms with Gasteiger partial charge in [0, 0.05) is 6.20 Å². The average Bonchev–Trinajstić information content (AvgIpc) is 2.82. The fraction of sp³-hybridized carbons (Fsp3) is 0. The zero-order valence-corrected chi connectivity index (χ0v) is 7.83. The summed E-state index contributed by atoms with van der Waals surface area (Å²) in [5.41, 5.74) is 1.75. The van der Waals surface area contributed by atoms with E-state index in [1.54, 1.807) is 23.1 Å². The highest BCUT2D eigenvalue weighted by molar-refractivity contribution is 5.74. The van der Waals surface area contributed by atoms with E-state index in [1.165, 1.54) is 0 Å². The van der Waals surface area contributed by atoms with Gasteiger partial charge < -0.3 is 0 Å². The fourth-order valence-corrected chi connectivity index (χ4v) is 1.42. The van der Waals surface area contributed by atoms with Gasteiger partial charge >= 0.3 is 0 Å². The number of hydrogen-bond donors (Lipinski definition) is 0. The van der Waals surface area contributed by atoms with Crippen LogP contribution in [0.5, 0.6) is 0 Å². The van der Waals surface area contributed by atoms with Gasteiger partial charge in [0.25, 0.3) is 0 Å². The van der Waals surface area contributed by atoms with Crippen molar-refractivity contribution in [2.75, 3.05) is 0 Å². The van der Waals surface area contributed by atoms with E-state index in [-0.39, 0.29) is 0 Å². The van der Waals surface area contributed by atoms with Crippen molar-refractivity contribution in [3.8, 4) is 5.82 Å². The molecule has 0 spiro atoms. The number of hydrogen-bond acceptors (Lipinski definition) is 3. The van der Waals surface area contributed by atoms with Crippen LogP contribution in [0.25, 0.3) is 16.9 Å². The molecule has 1 radical (unpaired) electrons. The van der Waals surface area contributed by atoms with Crippen LogP contribution in [0.15, 0.2) is 42.7 Å². The molecule has 1 aromatic carbocycles. The average molecular weight is 195 g/mol. The molecule has 0 amide bonds. The molecule has 3 aromatic rings. The van der Waals surface area contributed by atoms with Crippen molar-refractivity contribution in [1.29, 1.82) is 0 Å². The standard InChI is InChI=1S/C11H7N4/c1-2-5-10-9(4-1)12-8-11(14-10)15-7-3-6-13-15/h1-5,7-8H. The van der Waals surface area contributed by atoms with Crippen molar-refractivity contribution in [2.24, 2.45) is 0 Å². The zero-order chi connectivity index (χ0) is 10.1. The maximum atomic E-state index is 4.44. The minimum Gasteiger partial charge on any atom is -0.251 e. The van der Waals surface area contributed by atoms with Crippen molar-refractivity contribution in [1.82, 2.24) is 19.7 Å². The van der Waals surface area contributed by atoms with Crippen LogP contribution in [0.1, 0.15) is 0 Å². The first-order valence-corrected chi connectivity index (χ1v) is 4.57. The molecule has 0 fully saturated rings. The largest absolute Gasteiger partial charge is 0.251 e. The van der Waals surface area contributed by atoms with Gasteiger partial charge in [-0.3, -0.25) is 4.98 Å². The third-order valence-electron chi connectivity index (χ3n) is 2.13. The highest BCUT2D eigenvalue weighted by Gasteiger charge is 2.00. The summed E-state index contributed by atoms with van der Waals surface area (Å²) in [7, 11) is 0. The van der Waals surface area contributed by atoms with Crippen LogP contribution >= 0.6 is 0 Å². The molecule has 0 aliphatic heterocycles. The van der Waals surface area contributed by atoms with Crippen LogP contribution in [-0.2, 0) is 0 Å². The van der Waals surface area contributed by atoms with E-state index in [0.29, 0.717) is 5.82 Å². The van der Waals surface area contributed by atoms with E-state index in [0.717, 1.165) is 11.0 Å². The molecule has 0 N–H and O–H groups in total. The Morgan fingerprint density at radius 1 is 1.13 bits per heavy atom. The Morgan fingerprint density at radius 3 is 2.80 bits per heavy atom. The predicted octanol–water partition coefficient (Wildman–Crippen LogP) is 1.62. The monoisotopic (exact) mass is 195 g/mol. The highest BCUT2D eigenvalue weighted by Crippen LogP contribution is 2.10. The first kappa shape index (κ1) is 8.11. The summed E-state index contributed by atoms with van der Waals surface area (Å²) in [6, 6.07) is 9.48. The van der Waals surface area contributed by atoms with Crippen molar-refractivity contribution < 1.29 is 0 Å². The van der Waals surface area contributed by atoms with Crippen molar-refractivity contribution >= 4 is 11.0 Å². The molecule has 0 saturated carbocycles. The molecule has 2 heterocycles. The van der Waals surface area contributed by atoms with Crippen molar-refractivity contribution in [3.05, 3.63) is 48.9 Å². The minimum atomic E-state index is 0.704. The SMILES string of the molecule is [c]1ccn(-c2cnc3ccccc3n2)n1. The van der Waals surface area contributed by atoms with Crippen LogP contribution in [0, 0.1) is 6.20 Å². The van der Waals surface area contributed by atoms with Gasteiger partial charge in [-0.05, 0) is 18.2 Å². The number of para-hydroxylation sites is 2. The Kier molecular flexibility index (Phi) is 1.71. The van der Waals surface area contributed by atoms with Crippen molar-refractivity contribution in [3.63, 3.8) is 0 Å². The van der Waals surface area contributed by atoms with Gasteiger partial charge in [0.15, 0.2) is 5.82 Å². The van der Waals surface area contributed by atoms with Gasteiger partial charge in [-0.1, -0.05) is 12.1 Å². The van der Waals surface area contributed by atoms with Gasteiger partial charge in [0.05, 0.1) is 17.2 Å². The van der Waals surface area contributed by atoms with Crippen molar-refractivity contribution in [2.45, 2.75) is 0 Å². The molecular formula is C11H7N4. The third kappa shape index (κ3) is 1.36. The van der Waals surface area contributed by atoms with Crippen LogP contribution in [0.2, 0.25) is 0 Å². The minimum absolute atomic E-state index is 0.704. The first-order chi connectivity index (χ1) is 7.43. The normalized spacial score (nSPS) is 10.7. The Labute approximate surface area is 86.2 Å². The molecule has 4 nitrogen and oxygen atoms in total. The summed E-state index contributed by atoms with van der Waals surface area (Å²) in [6.45, 7) is 0. The lowest BCUT2D eigenvalue weighted by molar-refractivity contribution is 0.843. The lowest BCUT2D eigenvalue weighted by Crippen LogP contribution is -1.98. The second-order valence-corrected chi connectivity index (χ2v) is 3.11. The van der Waals surface area contributed by atoms with Gasteiger partial charge in [-0.2, -0.15) is 5.10 Å². The molecule has 15 heavy (non-hydrogen) atoms. The van der Waals surface area contributed by atoms with Gasteiger partial charge in [-0.15, -0.1) is 0 Å². The molecule has 0 aliphatic carbocycles. The number of aromatic nitrogens is 4. The zero-order valence-electron chi connectivity index (χ0n) is 7.83. The highest BCUT2D eigenvalue weighted by atomic mass is 15.3. The molecule has 0 atom stereocenters. The maximum absolute atomic E-state index is 4.44. The van der Waals surface area contributed by atoms with Gasteiger partial charge in [-0.25, -0.2) is 9.67 Å². The summed E-state index contributed by atoms with van der Waals surface area (Å²) in [5.74, 6) is 0.704. The Hall–Kier alpha value is -2.23. The summed E-state index contributed by atoms with van der Waals surface area (Å²) in [4.78, 5) is 8.74. The molecule has 2 aromatic heterocycles. The second-order valence-electron chi connectivity index (χ2n) is 3.11. The smallest absolute Gasteiger partial charge is 0.172 e. The lowest BCUT2D eigenvalue weighted by Gasteiger charge is -2.00. The second kappa shape index (κ2) is 3.16. The van der Waals surface area contributed by atoms with E-state index in [9.17, 15) is 0 Å². The summed E-state index contributed by atoms with van der Waals surface area (Å²) in [6.07, 6.45) is 6.21. The van der Waals surface area contributed by atoms with E-state index >= 15 is 0 Å². The van der Waals surface area contributed by atoms with Crippen LogP contribution in [-0.4, -0.2) is 19.7 Å². The molecule has 0 saturated heterocycles. The van der Waals surface area contributed by atoms with Crippen LogP contribution in [0.3, 0.4) is 0 Å². The van der Waals surface area contributed by atoms with E-state index in [1.807, 2.05) is 24.3 Å². The number of rotatable bonds is 1. The molecule has 4 heteroatoms. The summed E-state index contributed by atoms with van der Waals surface area (Å²) in [5, 5.41) is 3.98. The number of nitrogens with zero attached hydrogens (tertiary/aromatic N) is 4. The number of fused-ring (bicyclic) bond motifs is 1. The summed E-state index contributed by atoms with van der Waals surface area (Å²) >= 11 is 0. The van der Waals surface area contributed by atoms with Gasteiger partial charge in [0.2, 0.25) is 0 Å². The Morgan fingerprint density at radius 2 is 2.00 bits per heavy atom.